The Hall–Kier alpha value is -2.48. The Morgan fingerprint density at radius 2 is 1.36 bits per heavy atom. The number of hydrogen-bond donors (Lipinski definition) is 0. The van der Waals surface area contributed by atoms with Crippen LogP contribution in [0.1, 0.15) is 11.1 Å². The summed E-state index contributed by atoms with van der Waals surface area (Å²) in [5.41, 5.74) is 5.04. The molecule has 3 aromatic rings. The lowest BCUT2D eigenvalue weighted by molar-refractivity contribution is 0.415. The summed E-state index contributed by atoms with van der Waals surface area (Å²) in [7, 11) is 3.39. The van der Waals surface area contributed by atoms with Gasteiger partial charge in [-0.25, -0.2) is 0 Å². The topological polar surface area (TPSA) is 18.5 Å². The molecule has 3 rings (SSSR count). The Kier molecular flexibility index (Phi) is 3.76. The standard InChI is InChI=1S/C20H20O2/c1-13-11-16-7-10-18(22-4)12-19(16)14(2)20(13)15-5-8-17(21-3)9-6-15/h5-12H,1-4H3. The van der Waals surface area contributed by atoms with E-state index < -0.39 is 0 Å². The van der Waals surface area contributed by atoms with Crippen molar-refractivity contribution in [2.24, 2.45) is 0 Å². The summed E-state index contributed by atoms with van der Waals surface area (Å²) in [4.78, 5) is 0. The van der Waals surface area contributed by atoms with E-state index in [4.69, 9.17) is 9.47 Å². The molecule has 3 aromatic carbocycles. The van der Waals surface area contributed by atoms with Gasteiger partial charge < -0.3 is 9.47 Å². The first-order chi connectivity index (χ1) is 10.6. The Balaban J connectivity index is 2.23. The Morgan fingerprint density at radius 1 is 0.727 bits per heavy atom. The third-order valence-corrected chi connectivity index (χ3v) is 4.18. The number of hydrogen-bond acceptors (Lipinski definition) is 2. The van der Waals surface area contributed by atoms with Crippen LogP contribution in [-0.4, -0.2) is 14.2 Å². The number of fused-ring (bicyclic) bond motifs is 1. The first-order valence-corrected chi connectivity index (χ1v) is 7.36. The summed E-state index contributed by atoms with van der Waals surface area (Å²) in [5, 5.41) is 2.48. The minimum atomic E-state index is 0.876. The second-order valence-corrected chi connectivity index (χ2v) is 5.51. The number of aryl methyl sites for hydroxylation is 2. The van der Waals surface area contributed by atoms with Crippen LogP contribution in [0.15, 0.2) is 48.5 Å². The fourth-order valence-electron chi connectivity index (χ4n) is 3.05. The predicted octanol–water partition coefficient (Wildman–Crippen LogP) is 5.14. The lowest BCUT2D eigenvalue weighted by Crippen LogP contribution is -1.92. The smallest absolute Gasteiger partial charge is 0.119 e. The van der Waals surface area contributed by atoms with Gasteiger partial charge in [0.05, 0.1) is 14.2 Å². The van der Waals surface area contributed by atoms with E-state index in [-0.39, 0.29) is 0 Å². The third-order valence-electron chi connectivity index (χ3n) is 4.18. The summed E-state index contributed by atoms with van der Waals surface area (Å²) >= 11 is 0. The molecule has 0 radical (unpaired) electrons. The summed E-state index contributed by atoms with van der Waals surface area (Å²) in [6.45, 7) is 4.34. The van der Waals surface area contributed by atoms with Crippen molar-refractivity contribution in [3.05, 3.63) is 59.7 Å². The quantitative estimate of drug-likeness (QED) is 0.665. The molecule has 0 atom stereocenters. The van der Waals surface area contributed by atoms with Crippen LogP contribution in [0.5, 0.6) is 11.5 Å². The Labute approximate surface area is 131 Å². The predicted molar refractivity (Wildman–Crippen MR) is 92.0 cm³/mol. The number of benzene rings is 3. The van der Waals surface area contributed by atoms with Gasteiger partial charge in [0.2, 0.25) is 0 Å². The van der Waals surface area contributed by atoms with Crippen molar-refractivity contribution in [1.29, 1.82) is 0 Å². The molecule has 0 fully saturated rings. The maximum atomic E-state index is 5.37. The van der Waals surface area contributed by atoms with Gasteiger partial charge in [0.1, 0.15) is 11.5 Å². The highest BCUT2D eigenvalue weighted by atomic mass is 16.5. The van der Waals surface area contributed by atoms with Gasteiger partial charge in [0, 0.05) is 0 Å². The molecule has 0 unspecified atom stereocenters. The Morgan fingerprint density at radius 3 is 2.00 bits per heavy atom. The second kappa shape index (κ2) is 5.72. The van der Waals surface area contributed by atoms with Crippen LogP contribution in [-0.2, 0) is 0 Å². The molecule has 0 saturated heterocycles. The van der Waals surface area contributed by atoms with E-state index in [2.05, 4.69) is 44.2 Å². The van der Waals surface area contributed by atoms with Crippen molar-refractivity contribution in [1.82, 2.24) is 0 Å². The molecule has 2 nitrogen and oxygen atoms in total. The van der Waals surface area contributed by atoms with Crippen LogP contribution in [0.3, 0.4) is 0 Å². The van der Waals surface area contributed by atoms with Gasteiger partial charge in [-0.05, 0) is 71.1 Å². The fraction of sp³-hybridized carbons (Fsp3) is 0.200. The normalized spacial score (nSPS) is 10.7. The van der Waals surface area contributed by atoms with Crippen LogP contribution in [0.2, 0.25) is 0 Å². The molecular formula is C20H20O2. The number of methoxy groups -OCH3 is 2. The van der Waals surface area contributed by atoms with Crippen LogP contribution >= 0.6 is 0 Å². The van der Waals surface area contributed by atoms with Crippen molar-refractivity contribution in [2.75, 3.05) is 14.2 Å². The largest absolute Gasteiger partial charge is 0.497 e. The van der Waals surface area contributed by atoms with Gasteiger partial charge in [0.25, 0.3) is 0 Å². The molecule has 0 aliphatic carbocycles. The lowest BCUT2D eigenvalue weighted by Gasteiger charge is -2.15. The van der Waals surface area contributed by atoms with E-state index in [0.29, 0.717) is 0 Å². The zero-order valence-electron chi connectivity index (χ0n) is 13.4. The average molecular weight is 292 g/mol. The minimum Gasteiger partial charge on any atom is -0.497 e. The zero-order chi connectivity index (χ0) is 15.7. The molecule has 0 saturated carbocycles. The van der Waals surface area contributed by atoms with E-state index in [0.717, 1.165) is 11.5 Å². The number of rotatable bonds is 3. The average Bonchev–Trinajstić information content (AvgIpc) is 2.55. The van der Waals surface area contributed by atoms with Crippen LogP contribution in [0, 0.1) is 13.8 Å². The van der Waals surface area contributed by atoms with Gasteiger partial charge in [-0.15, -0.1) is 0 Å². The van der Waals surface area contributed by atoms with E-state index >= 15 is 0 Å². The Bertz CT molecular complexity index is 817. The molecule has 0 heterocycles. The van der Waals surface area contributed by atoms with Crippen LogP contribution in [0.4, 0.5) is 0 Å². The summed E-state index contributed by atoms with van der Waals surface area (Å²) in [5.74, 6) is 1.77. The van der Waals surface area contributed by atoms with Gasteiger partial charge in [0.15, 0.2) is 0 Å². The van der Waals surface area contributed by atoms with Gasteiger partial charge >= 0.3 is 0 Å². The number of ether oxygens (including phenoxy) is 2. The van der Waals surface area contributed by atoms with Crippen LogP contribution < -0.4 is 9.47 Å². The van der Waals surface area contributed by atoms with E-state index in [9.17, 15) is 0 Å². The molecule has 0 aromatic heterocycles. The first kappa shape index (κ1) is 14.5. The third kappa shape index (κ3) is 2.41. The summed E-state index contributed by atoms with van der Waals surface area (Å²) < 4.78 is 10.6. The lowest BCUT2D eigenvalue weighted by atomic mass is 9.91. The second-order valence-electron chi connectivity index (χ2n) is 5.51. The highest BCUT2D eigenvalue weighted by Gasteiger charge is 2.11. The maximum Gasteiger partial charge on any atom is 0.119 e. The first-order valence-electron chi connectivity index (χ1n) is 7.36. The molecule has 2 heteroatoms. The molecular weight excluding hydrogens is 272 g/mol. The molecule has 112 valence electrons. The summed E-state index contributed by atoms with van der Waals surface area (Å²) in [6, 6.07) is 16.7. The fourth-order valence-corrected chi connectivity index (χ4v) is 3.05. The van der Waals surface area contributed by atoms with Crippen molar-refractivity contribution < 1.29 is 9.47 Å². The molecule has 0 spiro atoms. The van der Waals surface area contributed by atoms with Crippen molar-refractivity contribution in [3.63, 3.8) is 0 Å². The van der Waals surface area contributed by atoms with Gasteiger partial charge in [-0.2, -0.15) is 0 Å². The maximum absolute atomic E-state index is 5.37. The highest BCUT2D eigenvalue weighted by Crippen LogP contribution is 2.35. The van der Waals surface area contributed by atoms with Gasteiger partial charge in [-0.3, -0.25) is 0 Å². The molecule has 0 N–H and O–H groups in total. The van der Waals surface area contributed by atoms with Crippen LogP contribution in [0.25, 0.3) is 21.9 Å². The van der Waals surface area contributed by atoms with Gasteiger partial charge in [-0.1, -0.05) is 24.3 Å². The molecule has 0 amide bonds. The summed E-state index contributed by atoms with van der Waals surface area (Å²) in [6.07, 6.45) is 0. The van der Waals surface area contributed by atoms with Crippen molar-refractivity contribution >= 4 is 10.8 Å². The van der Waals surface area contributed by atoms with Crippen molar-refractivity contribution in [3.8, 4) is 22.6 Å². The van der Waals surface area contributed by atoms with E-state index in [1.54, 1.807) is 14.2 Å². The molecule has 22 heavy (non-hydrogen) atoms. The molecule has 0 bridgehead atoms. The van der Waals surface area contributed by atoms with E-state index in [1.165, 1.54) is 33.0 Å². The molecule has 0 aliphatic heterocycles. The van der Waals surface area contributed by atoms with Crippen molar-refractivity contribution in [2.45, 2.75) is 13.8 Å². The molecule has 0 aliphatic rings. The monoisotopic (exact) mass is 292 g/mol. The minimum absolute atomic E-state index is 0.876. The zero-order valence-corrected chi connectivity index (χ0v) is 13.4. The van der Waals surface area contributed by atoms with E-state index in [1.807, 2.05) is 18.2 Å². The SMILES string of the molecule is COc1ccc(-c2c(C)cc3ccc(OC)cc3c2C)cc1. The highest BCUT2D eigenvalue weighted by molar-refractivity contribution is 5.94.